The van der Waals surface area contributed by atoms with E-state index in [0.29, 0.717) is 24.0 Å². The van der Waals surface area contributed by atoms with Crippen LogP contribution in [0.25, 0.3) is 0 Å². The smallest absolute Gasteiger partial charge is 0.305 e. The third-order valence-electron chi connectivity index (χ3n) is 4.23. The van der Waals surface area contributed by atoms with Crippen molar-refractivity contribution in [3.8, 4) is 0 Å². The molecule has 0 heterocycles. The van der Waals surface area contributed by atoms with Crippen molar-refractivity contribution in [3.05, 3.63) is 35.4 Å². The van der Waals surface area contributed by atoms with Crippen molar-refractivity contribution in [2.45, 2.75) is 37.6 Å². The zero-order valence-corrected chi connectivity index (χ0v) is 13.5. The molecule has 1 aromatic carbocycles. The number of carbonyl (C=O) groups is 3. The van der Waals surface area contributed by atoms with E-state index in [1.54, 1.807) is 38.4 Å². The van der Waals surface area contributed by atoms with Crippen molar-refractivity contribution in [1.29, 1.82) is 0 Å². The Balaban J connectivity index is 2.10. The number of nitrogens with one attached hydrogen (secondary N) is 1. The lowest BCUT2D eigenvalue weighted by Gasteiger charge is -2.28. The lowest BCUT2D eigenvalue weighted by molar-refractivity contribution is -0.138. The van der Waals surface area contributed by atoms with Crippen molar-refractivity contribution >= 4 is 17.8 Å². The zero-order chi connectivity index (χ0) is 17.0. The van der Waals surface area contributed by atoms with Gasteiger partial charge in [0.25, 0.3) is 11.8 Å². The standard InChI is InChI=1S/C17H22N2O4/c1-19(2)16(23)13-7-5-12(6-8-13)15(22)18-17(11-14(20)21)9-3-4-10-17/h5-8H,3-4,9-11H2,1-2H3,(H,18,22)(H,20,21). The average molecular weight is 318 g/mol. The number of aliphatic carboxylic acids is 1. The van der Waals surface area contributed by atoms with Gasteiger partial charge in [0, 0.05) is 25.2 Å². The second-order valence-corrected chi connectivity index (χ2v) is 6.29. The van der Waals surface area contributed by atoms with Gasteiger partial charge in [-0.25, -0.2) is 0 Å². The molecule has 6 nitrogen and oxygen atoms in total. The summed E-state index contributed by atoms with van der Waals surface area (Å²) in [7, 11) is 3.33. The molecule has 2 rings (SSSR count). The topological polar surface area (TPSA) is 86.7 Å². The highest BCUT2D eigenvalue weighted by Crippen LogP contribution is 2.33. The molecule has 0 bridgehead atoms. The second kappa shape index (κ2) is 6.81. The predicted octanol–water partition coefficient (Wildman–Crippen LogP) is 1.91. The second-order valence-electron chi connectivity index (χ2n) is 6.29. The van der Waals surface area contributed by atoms with Crippen LogP contribution in [0.2, 0.25) is 0 Å². The van der Waals surface area contributed by atoms with E-state index < -0.39 is 11.5 Å². The van der Waals surface area contributed by atoms with Crippen LogP contribution in [-0.2, 0) is 4.79 Å². The highest BCUT2D eigenvalue weighted by atomic mass is 16.4. The largest absolute Gasteiger partial charge is 0.481 e. The van der Waals surface area contributed by atoms with Crippen molar-refractivity contribution in [3.63, 3.8) is 0 Å². The Morgan fingerprint density at radius 3 is 2.09 bits per heavy atom. The van der Waals surface area contributed by atoms with Gasteiger partial charge in [-0.1, -0.05) is 12.8 Å². The summed E-state index contributed by atoms with van der Waals surface area (Å²) in [5.74, 6) is -1.33. The van der Waals surface area contributed by atoms with Crippen LogP contribution in [0.5, 0.6) is 0 Å². The molecular formula is C17H22N2O4. The first kappa shape index (κ1) is 17.0. The molecule has 0 saturated heterocycles. The van der Waals surface area contributed by atoms with Gasteiger partial charge in [0.15, 0.2) is 0 Å². The van der Waals surface area contributed by atoms with Gasteiger partial charge in [-0.05, 0) is 37.1 Å². The quantitative estimate of drug-likeness (QED) is 0.868. The van der Waals surface area contributed by atoms with Crippen LogP contribution in [0.3, 0.4) is 0 Å². The molecule has 1 fully saturated rings. The number of hydrogen-bond acceptors (Lipinski definition) is 3. The molecule has 2 amide bonds. The number of nitrogens with zero attached hydrogens (tertiary/aromatic N) is 1. The first-order chi connectivity index (χ1) is 10.8. The summed E-state index contributed by atoms with van der Waals surface area (Å²) in [5.41, 5.74) is 0.283. The minimum absolute atomic E-state index is 0.0596. The molecule has 1 aliphatic carbocycles. The average Bonchev–Trinajstić information content (AvgIpc) is 2.93. The highest BCUT2D eigenvalue weighted by Gasteiger charge is 2.37. The van der Waals surface area contributed by atoms with Crippen LogP contribution >= 0.6 is 0 Å². The van der Waals surface area contributed by atoms with Crippen molar-refractivity contribution in [1.82, 2.24) is 10.2 Å². The van der Waals surface area contributed by atoms with Crippen molar-refractivity contribution in [2.24, 2.45) is 0 Å². The Labute approximate surface area is 135 Å². The van der Waals surface area contributed by atoms with E-state index in [0.717, 1.165) is 12.8 Å². The summed E-state index contributed by atoms with van der Waals surface area (Å²) in [6.45, 7) is 0. The number of amides is 2. The molecule has 1 aromatic rings. The van der Waals surface area contributed by atoms with E-state index in [4.69, 9.17) is 5.11 Å². The molecule has 1 aliphatic rings. The molecule has 2 N–H and O–H groups in total. The molecule has 6 heteroatoms. The molecular weight excluding hydrogens is 296 g/mol. The summed E-state index contributed by atoms with van der Waals surface area (Å²) < 4.78 is 0. The van der Waals surface area contributed by atoms with E-state index in [9.17, 15) is 14.4 Å². The van der Waals surface area contributed by atoms with Crippen LogP contribution in [0.15, 0.2) is 24.3 Å². The van der Waals surface area contributed by atoms with Gasteiger partial charge in [-0.3, -0.25) is 14.4 Å². The molecule has 23 heavy (non-hydrogen) atoms. The lowest BCUT2D eigenvalue weighted by atomic mass is 9.92. The SMILES string of the molecule is CN(C)C(=O)c1ccc(C(=O)NC2(CC(=O)O)CCCC2)cc1. The third-order valence-corrected chi connectivity index (χ3v) is 4.23. The van der Waals surface area contributed by atoms with Crippen molar-refractivity contribution in [2.75, 3.05) is 14.1 Å². The predicted molar refractivity (Wildman–Crippen MR) is 85.4 cm³/mol. The zero-order valence-electron chi connectivity index (χ0n) is 13.5. The normalized spacial score (nSPS) is 15.9. The molecule has 0 atom stereocenters. The molecule has 0 radical (unpaired) electrons. The molecule has 0 aliphatic heterocycles. The Morgan fingerprint density at radius 2 is 1.61 bits per heavy atom. The number of hydrogen-bond donors (Lipinski definition) is 2. The Kier molecular flexibility index (Phi) is 5.03. The maximum Gasteiger partial charge on any atom is 0.305 e. The summed E-state index contributed by atoms with van der Waals surface area (Å²) in [4.78, 5) is 36.8. The van der Waals surface area contributed by atoms with Crippen molar-refractivity contribution < 1.29 is 19.5 Å². The highest BCUT2D eigenvalue weighted by molar-refractivity contribution is 5.98. The number of benzene rings is 1. The minimum atomic E-state index is -0.904. The lowest BCUT2D eigenvalue weighted by Crippen LogP contribution is -2.47. The van der Waals surface area contributed by atoms with Crippen LogP contribution in [0.1, 0.15) is 52.8 Å². The molecule has 0 unspecified atom stereocenters. The Hall–Kier alpha value is -2.37. The first-order valence-corrected chi connectivity index (χ1v) is 7.69. The van der Waals surface area contributed by atoms with Gasteiger partial charge < -0.3 is 15.3 Å². The van der Waals surface area contributed by atoms with Crippen LogP contribution < -0.4 is 5.32 Å². The number of carboxylic acid groups (broad SMARTS) is 1. The number of carboxylic acids is 1. The summed E-state index contributed by atoms with van der Waals surface area (Å²) in [6.07, 6.45) is 3.15. The summed E-state index contributed by atoms with van der Waals surface area (Å²) in [5, 5.41) is 12.0. The Morgan fingerprint density at radius 1 is 1.09 bits per heavy atom. The summed E-state index contributed by atoms with van der Waals surface area (Å²) >= 11 is 0. The molecule has 124 valence electrons. The first-order valence-electron chi connectivity index (χ1n) is 7.69. The molecule has 1 saturated carbocycles. The number of rotatable bonds is 5. The molecule has 0 spiro atoms. The van der Waals surface area contributed by atoms with E-state index in [-0.39, 0.29) is 18.2 Å². The van der Waals surface area contributed by atoms with E-state index in [1.807, 2.05) is 0 Å². The van der Waals surface area contributed by atoms with Gasteiger partial charge in [0.1, 0.15) is 0 Å². The van der Waals surface area contributed by atoms with E-state index in [1.165, 1.54) is 4.90 Å². The summed E-state index contributed by atoms with van der Waals surface area (Å²) in [6, 6.07) is 6.40. The third kappa shape index (κ3) is 4.09. The van der Waals surface area contributed by atoms with Gasteiger partial charge in [0.05, 0.1) is 12.0 Å². The fraction of sp³-hybridized carbons (Fsp3) is 0.471. The number of carbonyl (C=O) groups excluding carboxylic acids is 2. The fourth-order valence-electron chi connectivity index (χ4n) is 3.02. The van der Waals surface area contributed by atoms with E-state index in [2.05, 4.69) is 5.32 Å². The maximum absolute atomic E-state index is 12.4. The van der Waals surface area contributed by atoms with Gasteiger partial charge in [-0.15, -0.1) is 0 Å². The monoisotopic (exact) mass is 318 g/mol. The fourth-order valence-corrected chi connectivity index (χ4v) is 3.02. The van der Waals surface area contributed by atoms with Gasteiger partial charge in [-0.2, -0.15) is 0 Å². The van der Waals surface area contributed by atoms with Gasteiger partial charge in [0.2, 0.25) is 0 Å². The Bertz CT molecular complexity index is 602. The minimum Gasteiger partial charge on any atom is -0.481 e. The van der Waals surface area contributed by atoms with Crippen LogP contribution in [0.4, 0.5) is 0 Å². The maximum atomic E-state index is 12.4. The van der Waals surface area contributed by atoms with Gasteiger partial charge >= 0.3 is 5.97 Å². The van der Waals surface area contributed by atoms with E-state index >= 15 is 0 Å². The van der Waals surface area contributed by atoms with Crippen LogP contribution in [0, 0.1) is 0 Å². The molecule has 0 aromatic heterocycles. The van der Waals surface area contributed by atoms with Crippen LogP contribution in [-0.4, -0.2) is 47.4 Å².